The van der Waals surface area contributed by atoms with Crippen LogP contribution in [-0.4, -0.2) is 49.3 Å². The van der Waals surface area contributed by atoms with Crippen LogP contribution in [0.25, 0.3) is 0 Å². The third-order valence-corrected chi connectivity index (χ3v) is 5.13. The van der Waals surface area contributed by atoms with Crippen molar-refractivity contribution in [2.45, 2.75) is 56.1 Å². The van der Waals surface area contributed by atoms with Gasteiger partial charge in [-0.25, -0.2) is 9.78 Å². The minimum atomic E-state index is -0.838. The predicted octanol–water partition coefficient (Wildman–Crippen LogP) is 0.745. The molecular weight excluding hydrogens is 332 g/mol. The first kappa shape index (κ1) is 16.7. The summed E-state index contributed by atoms with van der Waals surface area (Å²) in [6, 6.07) is -0.564. The van der Waals surface area contributed by atoms with E-state index in [1.54, 1.807) is 0 Å². The molecule has 2 aliphatic rings. The van der Waals surface area contributed by atoms with Gasteiger partial charge in [0.2, 0.25) is 11.1 Å². The summed E-state index contributed by atoms with van der Waals surface area (Å²) in [6.07, 6.45) is 4.82. The van der Waals surface area contributed by atoms with E-state index in [4.69, 9.17) is 0 Å². The lowest BCUT2D eigenvalue weighted by Gasteiger charge is -2.30. The molecule has 3 rings (SSSR count). The van der Waals surface area contributed by atoms with Crippen LogP contribution in [0.5, 0.6) is 0 Å². The highest BCUT2D eigenvalue weighted by atomic mass is 32.2. The smallest absolute Gasteiger partial charge is 0.322 e. The molecule has 3 N–H and O–H groups in total. The van der Waals surface area contributed by atoms with Crippen LogP contribution in [0, 0.1) is 0 Å². The molecule has 4 amide bonds. The fourth-order valence-electron chi connectivity index (χ4n) is 3.00. The van der Waals surface area contributed by atoms with Crippen molar-refractivity contribution in [3.05, 3.63) is 5.82 Å². The number of thioether (sulfide) groups is 1. The average molecular weight is 352 g/mol. The van der Waals surface area contributed by atoms with Crippen molar-refractivity contribution in [3.63, 3.8) is 0 Å². The van der Waals surface area contributed by atoms with Crippen molar-refractivity contribution >= 4 is 29.6 Å². The number of aromatic amines is 1. The van der Waals surface area contributed by atoms with Crippen LogP contribution in [0.2, 0.25) is 0 Å². The first-order chi connectivity index (χ1) is 11.5. The molecule has 1 saturated heterocycles. The Kier molecular flexibility index (Phi) is 4.74. The summed E-state index contributed by atoms with van der Waals surface area (Å²) in [5.74, 6) is -0.0485. The molecule has 0 atom stereocenters. The van der Waals surface area contributed by atoms with E-state index < -0.39 is 17.5 Å². The number of hydrazine groups is 1. The Bertz CT molecular complexity index is 655. The summed E-state index contributed by atoms with van der Waals surface area (Å²) in [7, 11) is 0. The predicted molar refractivity (Wildman–Crippen MR) is 85.8 cm³/mol. The highest BCUT2D eigenvalue weighted by molar-refractivity contribution is 7.99. The van der Waals surface area contributed by atoms with Gasteiger partial charge in [-0.15, -0.1) is 5.10 Å². The SMILES string of the molecule is CCc1nc(SCC(=O)NN2C(=O)NC3(CCCCC3)C2=O)n[nH]1. The number of hydrogen-bond acceptors (Lipinski definition) is 6. The molecule has 1 spiro atoms. The zero-order chi connectivity index (χ0) is 17.2. The molecule has 0 aromatic carbocycles. The molecule has 10 heteroatoms. The monoisotopic (exact) mass is 352 g/mol. The number of aryl methyl sites for hydroxylation is 1. The first-order valence-electron chi connectivity index (χ1n) is 8.04. The van der Waals surface area contributed by atoms with Crippen LogP contribution < -0.4 is 10.7 Å². The molecule has 1 aromatic heterocycles. The summed E-state index contributed by atoms with van der Waals surface area (Å²) in [6.45, 7) is 1.94. The third kappa shape index (κ3) is 3.23. The van der Waals surface area contributed by atoms with Crippen LogP contribution in [0.3, 0.4) is 0 Å². The van der Waals surface area contributed by atoms with E-state index in [-0.39, 0.29) is 11.7 Å². The number of H-pyrrole nitrogens is 1. The van der Waals surface area contributed by atoms with Crippen molar-refractivity contribution < 1.29 is 14.4 Å². The fraction of sp³-hybridized carbons (Fsp3) is 0.643. The Balaban J connectivity index is 1.55. The lowest BCUT2D eigenvalue weighted by Crippen LogP contribution is -2.51. The van der Waals surface area contributed by atoms with Gasteiger partial charge in [0.15, 0.2) is 0 Å². The lowest BCUT2D eigenvalue weighted by atomic mass is 9.82. The number of nitrogens with zero attached hydrogens (tertiary/aromatic N) is 3. The topological polar surface area (TPSA) is 120 Å². The first-order valence-corrected chi connectivity index (χ1v) is 9.03. The van der Waals surface area contributed by atoms with Gasteiger partial charge < -0.3 is 5.32 Å². The molecule has 2 fully saturated rings. The summed E-state index contributed by atoms with van der Waals surface area (Å²) in [5.41, 5.74) is 1.55. The molecule has 2 heterocycles. The van der Waals surface area contributed by atoms with E-state index in [1.807, 2.05) is 6.92 Å². The van der Waals surface area contributed by atoms with E-state index in [0.717, 1.165) is 48.3 Å². The molecule has 1 aliphatic heterocycles. The number of imide groups is 1. The van der Waals surface area contributed by atoms with Gasteiger partial charge in [0.05, 0.1) is 5.75 Å². The summed E-state index contributed by atoms with van der Waals surface area (Å²) in [4.78, 5) is 40.8. The van der Waals surface area contributed by atoms with Crippen LogP contribution in [0.15, 0.2) is 5.16 Å². The van der Waals surface area contributed by atoms with Crippen LogP contribution in [0.4, 0.5) is 4.79 Å². The third-order valence-electron chi connectivity index (χ3n) is 4.28. The Morgan fingerprint density at radius 1 is 1.33 bits per heavy atom. The molecule has 130 valence electrons. The maximum absolute atomic E-state index is 12.5. The number of carbonyl (C=O) groups is 3. The molecule has 24 heavy (non-hydrogen) atoms. The van der Waals surface area contributed by atoms with Crippen molar-refractivity contribution in [1.82, 2.24) is 30.9 Å². The Labute approximate surface area is 143 Å². The maximum Gasteiger partial charge on any atom is 0.344 e. The number of aromatic nitrogens is 3. The standard InChI is InChI=1S/C14H20N6O3S/c1-2-9-15-12(18-17-9)24-8-10(21)19-20-11(22)14(16-13(20)23)6-4-3-5-7-14/h2-8H2,1H3,(H,16,23)(H,19,21)(H,15,17,18). The van der Waals surface area contributed by atoms with Gasteiger partial charge in [0.25, 0.3) is 5.91 Å². The van der Waals surface area contributed by atoms with Crippen LogP contribution in [-0.2, 0) is 16.0 Å². The quantitative estimate of drug-likeness (QED) is 0.531. The van der Waals surface area contributed by atoms with Crippen molar-refractivity contribution in [2.24, 2.45) is 0 Å². The second kappa shape index (κ2) is 6.80. The van der Waals surface area contributed by atoms with Gasteiger partial charge in [0.1, 0.15) is 11.4 Å². The number of carbonyl (C=O) groups excluding carboxylic acids is 3. The number of nitrogens with one attached hydrogen (secondary N) is 3. The van der Waals surface area contributed by atoms with Gasteiger partial charge in [-0.1, -0.05) is 37.9 Å². The van der Waals surface area contributed by atoms with E-state index in [9.17, 15) is 14.4 Å². The number of hydrogen-bond donors (Lipinski definition) is 3. The number of amides is 4. The Morgan fingerprint density at radius 2 is 2.08 bits per heavy atom. The molecule has 0 unspecified atom stereocenters. The molecule has 9 nitrogen and oxygen atoms in total. The minimum Gasteiger partial charge on any atom is -0.322 e. The Hall–Kier alpha value is -2.10. The second-order valence-corrected chi connectivity index (χ2v) is 6.90. The zero-order valence-electron chi connectivity index (χ0n) is 13.4. The van der Waals surface area contributed by atoms with Crippen LogP contribution >= 0.6 is 11.8 Å². The molecule has 1 aromatic rings. The number of urea groups is 1. The summed E-state index contributed by atoms with van der Waals surface area (Å²) >= 11 is 1.14. The van der Waals surface area contributed by atoms with Gasteiger partial charge in [-0.2, -0.15) is 5.01 Å². The van der Waals surface area contributed by atoms with Gasteiger partial charge in [-0.05, 0) is 12.8 Å². The average Bonchev–Trinajstić information content (AvgIpc) is 3.13. The normalized spacial score (nSPS) is 19.6. The van der Waals surface area contributed by atoms with Crippen LogP contribution in [0.1, 0.15) is 44.9 Å². The summed E-state index contributed by atoms with van der Waals surface area (Å²) < 4.78 is 0. The van der Waals surface area contributed by atoms with Gasteiger partial charge >= 0.3 is 6.03 Å². The summed E-state index contributed by atoms with van der Waals surface area (Å²) in [5, 5.41) is 10.8. The molecule has 0 radical (unpaired) electrons. The number of rotatable bonds is 5. The second-order valence-electron chi connectivity index (χ2n) is 5.96. The maximum atomic E-state index is 12.5. The molecular formula is C14H20N6O3S. The minimum absolute atomic E-state index is 0.0189. The van der Waals surface area contributed by atoms with E-state index in [1.165, 1.54) is 0 Å². The molecule has 0 bridgehead atoms. The van der Waals surface area contributed by atoms with E-state index >= 15 is 0 Å². The highest BCUT2D eigenvalue weighted by Gasteiger charge is 2.52. The van der Waals surface area contributed by atoms with E-state index in [2.05, 4.69) is 25.9 Å². The highest BCUT2D eigenvalue weighted by Crippen LogP contribution is 2.33. The fourth-order valence-corrected chi connectivity index (χ4v) is 3.61. The largest absolute Gasteiger partial charge is 0.344 e. The van der Waals surface area contributed by atoms with Gasteiger partial charge in [-0.3, -0.25) is 20.1 Å². The van der Waals surface area contributed by atoms with Crippen molar-refractivity contribution in [2.75, 3.05) is 5.75 Å². The zero-order valence-corrected chi connectivity index (χ0v) is 14.2. The molecule has 1 saturated carbocycles. The van der Waals surface area contributed by atoms with Gasteiger partial charge in [0, 0.05) is 6.42 Å². The van der Waals surface area contributed by atoms with Crippen molar-refractivity contribution in [1.29, 1.82) is 0 Å². The lowest BCUT2D eigenvalue weighted by molar-refractivity contribution is -0.139. The Morgan fingerprint density at radius 3 is 2.75 bits per heavy atom. The van der Waals surface area contributed by atoms with Crippen molar-refractivity contribution in [3.8, 4) is 0 Å². The molecule has 1 aliphatic carbocycles. The van der Waals surface area contributed by atoms with E-state index in [0.29, 0.717) is 18.0 Å².